The normalized spacial score (nSPS) is 15.5. The first kappa shape index (κ1) is 21.4. The number of carbonyl (C=O) groups is 2. The first-order valence-corrected chi connectivity index (χ1v) is 9.58. The minimum atomic E-state index is -3.53. The molecule has 0 N–H and O–H groups in total. The Balaban J connectivity index is 2.05. The molecule has 0 radical (unpaired) electrons. The van der Waals surface area contributed by atoms with Gasteiger partial charge in [-0.2, -0.15) is 8.78 Å². The fraction of sp³-hybridized carbons (Fsp3) is 0.368. The van der Waals surface area contributed by atoms with Gasteiger partial charge in [-0.25, -0.2) is 13.2 Å². The summed E-state index contributed by atoms with van der Waals surface area (Å²) < 4.78 is 73.6. The second-order valence-electron chi connectivity index (χ2n) is 6.40. The van der Waals surface area contributed by atoms with Crippen molar-refractivity contribution in [2.24, 2.45) is 0 Å². The maximum atomic E-state index is 14.0. The minimum Gasteiger partial charge on any atom is -0.469 e. The van der Waals surface area contributed by atoms with Gasteiger partial charge in [0.25, 0.3) is 6.43 Å². The number of ether oxygens (including phenoxy) is 1. The number of aromatic nitrogens is 1. The number of esters is 1. The lowest BCUT2D eigenvalue weighted by Crippen LogP contribution is -2.34. The molecule has 156 valence electrons. The third-order valence-corrected chi connectivity index (χ3v) is 5.62. The monoisotopic (exact) mass is 433 g/mol. The standard InChI is InChI=1S/C19H16F5NO3S/c1-28-15(26)5-7-29-14-9-25(10-2-3-12(20)11(8-10)18(21)22)13-4-6-19(23,24)17(27)16(13)14/h2-3,8-9,18H,4-7H2,1H3. The number of hydrogen-bond acceptors (Lipinski definition) is 4. The lowest BCUT2D eigenvalue weighted by molar-refractivity contribution is -0.140. The van der Waals surface area contributed by atoms with Crippen LogP contribution in [0.25, 0.3) is 5.69 Å². The Kier molecular flexibility index (Phi) is 6.02. The number of rotatable bonds is 6. The van der Waals surface area contributed by atoms with E-state index in [9.17, 15) is 31.5 Å². The maximum absolute atomic E-state index is 14.0. The van der Waals surface area contributed by atoms with E-state index in [-0.39, 0.29) is 40.4 Å². The van der Waals surface area contributed by atoms with E-state index in [0.717, 1.165) is 23.9 Å². The van der Waals surface area contributed by atoms with Crippen LogP contribution in [0.3, 0.4) is 0 Å². The lowest BCUT2D eigenvalue weighted by Gasteiger charge is -2.23. The van der Waals surface area contributed by atoms with Crippen molar-refractivity contribution in [2.75, 3.05) is 12.9 Å². The van der Waals surface area contributed by atoms with Crippen LogP contribution in [0.1, 0.15) is 40.9 Å². The van der Waals surface area contributed by atoms with Gasteiger partial charge in [-0.15, -0.1) is 11.8 Å². The van der Waals surface area contributed by atoms with Gasteiger partial charge in [0.1, 0.15) is 5.82 Å². The highest BCUT2D eigenvalue weighted by molar-refractivity contribution is 7.99. The average molecular weight is 433 g/mol. The maximum Gasteiger partial charge on any atom is 0.310 e. The Morgan fingerprint density at radius 2 is 2.07 bits per heavy atom. The number of Topliss-reactive ketones (excluding diaryl/α,β-unsaturated/α-hetero) is 1. The number of ketones is 1. The van der Waals surface area contributed by atoms with E-state index >= 15 is 0 Å². The molecule has 10 heteroatoms. The van der Waals surface area contributed by atoms with Crippen LogP contribution >= 0.6 is 11.8 Å². The van der Waals surface area contributed by atoms with Gasteiger partial charge in [-0.05, 0) is 24.6 Å². The number of carbonyl (C=O) groups excluding carboxylic acids is 2. The summed E-state index contributed by atoms with van der Waals surface area (Å²) in [6.45, 7) is 0. The molecule has 0 amide bonds. The molecule has 0 bridgehead atoms. The molecule has 1 heterocycles. The number of benzene rings is 1. The van der Waals surface area contributed by atoms with Crippen molar-refractivity contribution in [3.63, 3.8) is 0 Å². The van der Waals surface area contributed by atoms with E-state index in [2.05, 4.69) is 4.74 Å². The smallest absolute Gasteiger partial charge is 0.310 e. The molecule has 3 rings (SSSR count). The second kappa shape index (κ2) is 8.17. The molecule has 0 saturated heterocycles. The molecule has 0 saturated carbocycles. The molecule has 2 aromatic rings. The topological polar surface area (TPSA) is 48.3 Å². The molecule has 1 aliphatic carbocycles. The molecule has 1 aromatic carbocycles. The molecule has 1 aromatic heterocycles. The van der Waals surface area contributed by atoms with E-state index < -0.39 is 41.9 Å². The summed E-state index contributed by atoms with van der Waals surface area (Å²) in [5.74, 6) is -6.29. The fourth-order valence-corrected chi connectivity index (χ4v) is 4.14. The third kappa shape index (κ3) is 4.17. The zero-order valence-corrected chi connectivity index (χ0v) is 16.0. The average Bonchev–Trinajstić information content (AvgIpc) is 3.04. The highest BCUT2D eigenvalue weighted by Gasteiger charge is 2.46. The molecule has 0 fully saturated rings. The van der Waals surface area contributed by atoms with Crippen molar-refractivity contribution in [2.45, 2.75) is 36.5 Å². The predicted molar refractivity (Wildman–Crippen MR) is 95.6 cm³/mol. The van der Waals surface area contributed by atoms with E-state index in [1.807, 2.05) is 0 Å². The molecule has 29 heavy (non-hydrogen) atoms. The van der Waals surface area contributed by atoms with Gasteiger partial charge in [-0.1, -0.05) is 0 Å². The van der Waals surface area contributed by atoms with Crippen LogP contribution in [0, 0.1) is 5.82 Å². The van der Waals surface area contributed by atoms with Gasteiger partial charge in [-0.3, -0.25) is 9.59 Å². The first-order valence-electron chi connectivity index (χ1n) is 8.60. The summed E-state index contributed by atoms with van der Waals surface area (Å²) >= 11 is 1.01. The van der Waals surface area contributed by atoms with Crippen LogP contribution in [0.15, 0.2) is 29.3 Å². The SMILES string of the molecule is COC(=O)CCSc1cn(-c2ccc(F)c(C(F)F)c2)c2c1C(=O)C(F)(F)CC2. The van der Waals surface area contributed by atoms with Crippen LogP contribution in [0.5, 0.6) is 0 Å². The number of halogens is 5. The van der Waals surface area contributed by atoms with E-state index in [4.69, 9.17) is 0 Å². The zero-order valence-electron chi connectivity index (χ0n) is 15.2. The summed E-state index contributed by atoms with van der Waals surface area (Å²) in [6.07, 6.45) is -2.54. The Hall–Kier alpha value is -2.36. The van der Waals surface area contributed by atoms with Crippen molar-refractivity contribution in [1.29, 1.82) is 0 Å². The molecule has 1 aliphatic rings. The van der Waals surface area contributed by atoms with Gasteiger partial charge in [0.05, 0.1) is 24.7 Å². The van der Waals surface area contributed by atoms with Crippen molar-refractivity contribution < 1.29 is 36.3 Å². The first-order chi connectivity index (χ1) is 13.7. The van der Waals surface area contributed by atoms with Crippen LogP contribution < -0.4 is 0 Å². The largest absolute Gasteiger partial charge is 0.469 e. The van der Waals surface area contributed by atoms with Gasteiger partial charge in [0.15, 0.2) is 0 Å². The van der Waals surface area contributed by atoms with Gasteiger partial charge < -0.3 is 9.30 Å². The van der Waals surface area contributed by atoms with Crippen LogP contribution in [-0.2, 0) is 16.0 Å². The molecule has 4 nitrogen and oxygen atoms in total. The summed E-state index contributed by atoms with van der Waals surface area (Å²) in [4.78, 5) is 23.8. The molecule has 0 unspecified atom stereocenters. The Bertz CT molecular complexity index is 958. The van der Waals surface area contributed by atoms with Gasteiger partial charge in [0.2, 0.25) is 5.78 Å². The molecular formula is C19H16F5NO3S. The van der Waals surface area contributed by atoms with Crippen LogP contribution in [-0.4, -0.2) is 35.1 Å². The van der Waals surface area contributed by atoms with Gasteiger partial charge in [0, 0.05) is 34.6 Å². The summed E-state index contributed by atoms with van der Waals surface area (Å²) in [5, 5.41) is 0. The molecule has 0 aliphatic heterocycles. The minimum absolute atomic E-state index is 0.00220. The van der Waals surface area contributed by atoms with Crippen molar-refractivity contribution >= 4 is 23.5 Å². The number of nitrogens with zero attached hydrogens (tertiary/aromatic N) is 1. The van der Waals surface area contributed by atoms with Crippen molar-refractivity contribution in [1.82, 2.24) is 4.57 Å². The van der Waals surface area contributed by atoms with Gasteiger partial charge >= 0.3 is 11.9 Å². The number of methoxy groups -OCH3 is 1. The molecule has 0 spiro atoms. The summed E-state index contributed by atoms with van der Waals surface area (Å²) in [5.41, 5.74) is -0.638. The summed E-state index contributed by atoms with van der Waals surface area (Å²) in [7, 11) is 1.21. The Labute approximate surface area is 167 Å². The molecular weight excluding hydrogens is 417 g/mol. The van der Waals surface area contributed by atoms with Crippen molar-refractivity contribution in [3.05, 3.63) is 47.0 Å². The lowest BCUT2D eigenvalue weighted by atomic mass is 9.93. The quantitative estimate of drug-likeness (QED) is 0.367. The number of thioether (sulfide) groups is 1. The highest BCUT2D eigenvalue weighted by atomic mass is 32.2. The van der Waals surface area contributed by atoms with Crippen LogP contribution in [0.2, 0.25) is 0 Å². The summed E-state index contributed by atoms with van der Waals surface area (Å²) in [6, 6.07) is 3.04. The number of fused-ring (bicyclic) bond motifs is 1. The Morgan fingerprint density at radius 3 is 2.72 bits per heavy atom. The van der Waals surface area contributed by atoms with E-state index in [1.165, 1.54) is 23.9 Å². The third-order valence-electron chi connectivity index (χ3n) is 4.59. The number of alkyl halides is 4. The number of hydrogen-bond donors (Lipinski definition) is 0. The fourth-order valence-electron chi connectivity index (χ4n) is 3.12. The van der Waals surface area contributed by atoms with E-state index in [0.29, 0.717) is 0 Å². The zero-order chi connectivity index (χ0) is 21.3. The second-order valence-corrected chi connectivity index (χ2v) is 7.54. The van der Waals surface area contributed by atoms with E-state index in [1.54, 1.807) is 0 Å². The Morgan fingerprint density at radius 1 is 1.34 bits per heavy atom. The molecule has 0 atom stereocenters. The predicted octanol–water partition coefficient (Wildman–Crippen LogP) is 4.97. The highest BCUT2D eigenvalue weighted by Crippen LogP contribution is 2.40. The van der Waals surface area contributed by atoms with Crippen molar-refractivity contribution in [3.8, 4) is 5.69 Å². The van der Waals surface area contributed by atoms with Crippen LogP contribution in [0.4, 0.5) is 22.0 Å².